The third-order valence-corrected chi connectivity index (χ3v) is 4.51. The average Bonchev–Trinajstić information content (AvgIpc) is 2.96. The highest BCUT2D eigenvalue weighted by Gasteiger charge is 2.22. The largest absolute Gasteiger partial charge is 0.444 e. The van der Waals surface area contributed by atoms with Crippen LogP contribution in [0, 0.1) is 25.5 Å². The van der Waals surface area contributed by atoms with Crippen LogP contribution in [0.25, 0.3) is 0 Å². The van der Waals surface area contributed by atoms with Crippen molar-refractivity contribution in [1.29, 1.82) is 0 Å². The third-order valence-electron chi connectivity index (χ3n) is 4.51. The molecule has 1 aromatic carbocycles. The van der Waals surface area contributed by atoms with Gasteiger partial charge < -0.3 is 19.5 Å². The van der Waals surface area contributed by atoms with E-state index in [1.165, 1.54) is 6.07 Å². The predicted octanol–water partition coefficient (Wildman–Crippen LogP) is 2.47. The first-order valence-electron chi connectivity index (χ1n) is 8.56. The zero-order valence-electron chi connectivity index (χ0n) is 15.2. The minimum absolute atomic E-state index is 0.304. The topological polar surface area (TPSA) is 56.9 Å². The van der Waals surface area contributed by atoms with Crippen LogP contribution in [0.3, 0.4) is 0 Å². The molecule has 2 aromatic rings. The Labute approximate surface area is 151 Å². The van der Waals surface area contributed by atoms with E-state index in [0.29, 0.717) is 44.3 Å². The summed E-state index contributed by atoms with van der Waals surface area (Å²) in [5.41, 5.74) is 1.18. The van der Waals surface area contributed by atoms with Gasteiger partial charge in [0.05, 0.1) is 17.9 Å². The second kappa shape index (κ2) is 7.72. The van der Waals surface area contributed by atoms with Crippen LogP contribution in [0.4, 0.5) is 14.5 Å². The second-order valence-electron chi connectivity index (χ2n) is 6.22. The van der Waals surface area contributed by atoms with Crippen LogP contribution in [0.2, 0.25) is 0 Å². The number of anilines is 1. The maximum atomic E-state index is 13.9. The second-order valence-corrected chi connectivity index (χ2v) is 6.22. The Kier molecular flexibility index (Phi) is 5.39. The number of aliphatic imine (C=N–C) groups is 1. The number of nitrogens with zero attached hydrogens (tertiary/aromatic N) is 4. The fourth-order valence-electron chi connectivity index (χ4n) is 2.99. The molecule has 0 saturated carbocycles. The van der Waals surface area contributed by atoms with Gasteiger partial charge in [-0.15, -0.1) is 0 Å². The molecule has 140 valence electrons. The molecular formula is C18H23F2N5O. The summed E-state index contributed by atoms with van der Waals surface area (Å²) in [6.07, 6.45) is 0. The highest BCUT2D eigenvalue weighted by Crippen LogP contribution is 2.22. The molecule has 0 spiro atoms. The zero-order chi connectivity index (χ0) is 18.7. The fourth-order valence-corrected chi connectivity index (χ4v) is 2.99. The number of aromatic nitrogens is 1. The average molecular weight is 363 g/mol. The Morgan fingerprint density at radius 3 is 2.58 bits per heavy atom. The first kappa shape index (κ1) is 18.2. The summed E-state index contributed by atoms with van der Waals surface area (Å²) in [6.45, 7) is 6.70. The van der Waals surface area contributed by atoms with Gasteiger partial charge in [-0.3, -0.25) is 4.99 Å². The Morgan fingerprint density at radius 2 is 1.96 bits per heavy atom. The van der Waals surface area contributed by atoms with Gasteiger partial charge in [0.25, 0.3) is 0 Å². The number of halogens is 2. The van der Waals surface area contributed by atoms with E-state index in [2.05, 4.69) is 20.2 Å². The van der Waals surface area contributed by atoms with E-state index >= 15 is 0 Å². The van der Waals surface area contributed by atoms with Crippen molar-refractivity contribution in [2.45, 2.75) is 20.4 Å². The molecule has 0 atom stereocenters. The SMILES string of the molecule is CN=C(NCc1nc(C)c(C)o1)N1CCN(c2cc(F)ccc2F)CC1. The number of piperazine rings is 1. The first-order chi connectivity index (χ1) is 12.5. The van der Waals surface area contributed by atoms with Gasteiger partial charge in [0.15, 0.2) is 5.96 Å². The van der Waals surface area contributed by atoms with Gasteiger partial charge in [-0.05, 0) is 26.0 Å². The molecule has 0 unspecified atom stereocenters. The Bertz CT molecular complexity index is 777. The van der Waals surface area contributed by atoms with Gasteiger partial charge >= 0.3 is 0 Å². The van der Waals surface area contributed by atoms with Crippen molar-refractivity contribution in [2.75, 3.05) is 38.1 Å². The third kappa shape index (κ3) is 3.95. The van der Waals surface area contributed by atoms with E-state index in [1.54, 1.807) is 7.05 Å². The van der Waals surface area contributed by atoms with E-state index in [9.17, 15) is 8.78 Å². The van der Waals surface area contributed by atoms with Crippen LogP contribution < -0.4 is 10.2 Å². The molecule has 0 amide bonds. The highest BCUT2D eigenvalue weighted by molar-refractivity contribution is 5.80. The Morgan fingerprint density at radius 1 is 1.23 bits per heavy atom. The first-order valence-corrected chi connectivity index (χ1v) is 8.56. The van der Waals surface area contributed by atoms with Crippen LogP contribution in [-0.4, -0.2) is 49.1 Å². The maximum absolute atomic E-state index is 13.9. The van der Waals surface area contributed by atoms with Crippen LogP contribution in [0.1, 0.15) is 17.3 Å². The van der Waals surface area contributed by atoms with Crippen molar-refractivity contribution in [2.24, 2.45) is 4.99 Å². The fraction of sp³-hybridized carbons (Fsp3) is 0.444. The van der Waals surface area contributed by atoms with Crippen LogP contribution in [0.5, 0.6) is 0 Å². The zero-order valence-corrected chi connectivity index (χ0v) is 15.2. The quantitative estimate of drug-likeness (QED) is 0.671. The lowest BCUT2D eigenvalue weighted by Crippen LogP contribution is -2.52. The van der Waals surface area contributed by atoms with E-state index in [-0.39, 0.29) is 0 Å². The Hall–Kier alpha value is -2.64. The van der Waals surface area contributed by atoms with E-state index in [0.717, 1.165) is 29.5 Å². The van der Waals surface area contributed by atoms with Gasteiger partial charge in [0.1, 0.15) is 17.4 Å². The molecule has 0 aliphatic carbocycles. The van der Waals surface area contributed by atoms with Crippen LogP contribution in [0.15, 0.2) is 27.6 Å². The lowest BCUT2D eigenvalue weighted by molar-refractivity contribution is 0.366. The van der Waals surface area contributed by atoms with Crippen molar-refractivity contribution in [3.05, 3.63) is 47.2 Å². The molecular weight excluding hydrogens is 340 g/mol. The van der Waals surface area contributed by atoms with E-state index < -0.39 is 11.6 Å². The summed E-state index contributed by atoms with van der Waals surface area (Å²) >= 11 is 0. The summed E-state index contributed by atoms with van der Waals surface area (Å²) in [5, 5.41) is 3.24. The molecule has 1 aliphatic rings. The lowest BCUT2D eigenvalue weighted by Gasteiger charge is -2.37. The molecule has 0 bridgehead atoms. The van der Waals surface area contributed by atoms with Crippen molar-refractivity contribution < 1.29 is 13.2 Å². The molecule has 8 heteroatoms. The van der Waals surface area contributed by atoms with Crippen molar-refractivity contribution in [1.82, 2.24) is 15.2 Å². The predicted molar refractivity (Wildman–Crippen MR) is 96.3 cm³/mol. The number of oxazole rings is 1. The van der Waals surface area contributed by atoms with Gasteiger partial charge in [0, 0.05) is 39.3 Å². The maximum Gasteiger partial charge on any atom is 0.214 e. The molecule has 26 heavy (non-hydrogen) atoms. The summed E-state index contributed by atoms with van der Waals surface area (Å²) in [7, 11) is 1.72. The van der Waals surface area contributed by atoms with E-state index in [1.807, 2.05) is 18.7 Å². The molecule has 0 radical (unpaired) electrons. The van der Waals surface area contributed by atoms with Crippen LogP contribution in [-0.2, 0) is 6.54 Å². The van der Waals surface area contributed by atoms with Gasteiger partial charge in [-0.2, -0.15) is 0 Å². The molecule has 1 saturated heterocycles. The van der Waals surface area contributed by atoms with Gasteiger partial charge in [0.2, 0.25) is 5.89 Å². The van der Waals surface area contributed by atoms with Crippen molar-refractivity contribution in [3.63, 3.8) is 0 Å². The monoisotopic (exact) mass is 363 g/mol. The minimum atomic E-state index is -0.433. The van der Waals surface area contributed by atoms with Crippen LogP contribution >= 0.6 is 0 Å². The molecule has 1 aromatic heterocycles. The molecule has 1 aliphatic heterocycles. The molecule has 3 rings (SSSR count). The summed E-state index contributed by atoms with van der Waals surface area (Å²) in [5.74, 6) is 1.32. The number of hydrogen-bond acceptors (Lipinski definition) is 4. The highest BCUT2D eigenvalue weighted by atomic mass is 19.1. The summed E-state index contributed by atoms with van der Waals surface area (Å²) in [6, 6.07) is 3.54. The normalized spacial score (nSPS) is 15.5. The van der Waals surface area contributed by atoms with Gasteiger partial charge in [-0.1, -0.05) is 0 Å². The summed E-state index contributed by atoms with van der Waals surface area (Å²) < 4.78 is 32.9. The number of aryl methyl sites for hydroxylation is 2. The summed E-state index contributed by atoms with van der Waals surface area (Å²) in [4.78, 5) is 12.6. The molecule has 1 fully saturated rings. The smallest absolute Gasteiger partial charge is 0.214 e. The van der Waals surface area contributed by atoms with E-state index in [4.69, 9.17) is 4.42 Å². The standard InChI is InChI=1S/C18H23F2N5O/c1-12-13(2)26-17(23-12)11-22-18(21-3)25-8-6-24(7-9-25)16-10-14(19)4-5-15(16)20/h4-5,10H,6-9,11H2,1-3H3,(H,21,22). The Balaban J connectivity index is 1.58. The molecule has 1 N–H and O–H groups in total. The number of nitrogens with one attached hydrogen (secondary N) is 1. The minimum Gasteiger partial charge on any atom is -0.444 e. The number of guanidine groups is 1. The lowest BCUT2D eigenvalue weighted by atomic mass is 10.2. The number of rotatable bonds is 3. The number of benzene rings is 1. The number of hydrogen-bond donors (Lipinski definition) is 1. The van der Waals surface area contributed by atoms with Gasteiger partial charge in [-0.25, -0.2) is 13.8 Å². The van der Waals surface area contributed by atoms with Crippen molar-refractivity contribution >= 4 is 11.6 Å². The molecule has 2 heterocycles. The van der Waals surface area contributed by atoms with Crippen molar-refractivity contribution in [3.8, 4) is 0 Å². The molecule has 6 nitrogen and oxygen atoms in total.